The van der Waals surface area contributed by atoms with Gasteiger partial charge in [0, 0.05) is 19.1 Å². The summed E-state index contributed by atoms with van der Waals surface area (Å²) in [5, 5.41) is 8.94. The summed E-state index contributed by atoms with van der Waals surface area (Å²) in [6.07, 6.45) is 1.22. The fraction of sp³-hybridized carbons (Fsp3) is 0.923. The van der Waals surface area contributed by atoms with Gasteiger partial charge in [-0.15, -0.1) is 0 Å². The Kier molecular flexibility index (Phi) is 7.69. The number of carboxylic acid groups (broad SMARTS) is 1. The second-order valence-electron chi connectivity index (χ2n) is 6.04. The number of rotatable bonds is 9. The summed E-state index contributed by atoms with van der Waals surface area (Å²) < 4.78 is 28.7. The van der Waals surface area contributed by atoms with Gasteiger partial charge in [-0.2, -0.15) is 17.4 Å². The number of hydrogen-bond donors (Lipinski definition) is 2. The Balaban J connectivity index is 5.11. The van der Waals surface area contributed by atoms with Crippen molar-refractivity contribution in [2.24, 2.45) is 5.41 Å². The highest BCUT2D eigenvalue weighted by Gasteiger charge is 2.33. The normalized spacial score (nSPS) is 14.5. The summed E-state index contributed by atoms with van der Waals surface area (Å²) in [6.45, 7) is 10.2. The largest absolute Gasteiger partial charge is 0.481 e. The number of aliphatic carboxylic acids is 1. The summed E-state index contributed by atoms with van der Waals surface area (Å²) in [5.74, 6) is -1.01. The molecule has 0 bridgehead atoms. The van der Waals surface area contributed by atoms with Crippen LogP contribution in [0.1, 0.15) is 53.9 Å². The van der Waals surface area contributed by atoms with Crippen LogP contribution in [0.5, 0.6) is 0 Å². The third kappa shape index (κ3) is 6.67. The SMILES string of the molecule is CCCN(CCC)S(=O)(=O)NC(CC(=O)O)C(C)(C)C. The van der Waals surface area contributed by atoms with Crippen LogP contribution in [0.2, 0.25) is 0 Å². The molecule has 0 aromatic carbocycles. The van der Waals surface area contributed by atoms with Gasteiger partial charge >= 0.3 is 5.97 Å². The predicted molar refractivity (Wildman–Crippen MR) is 79.7 cm³/mol. The summed E-state index contributed by atoms with van der Waals surface area (Å²) in [5.41, 5.74) is -0.463. The molecule has 0 spiro atoms. The summed E-state index contributed by atoms with van der Waals surface area (Å²) in [7, 11) is -3.65. The van der Waals surface area contributed by atoms with Crippen LogP contribution in [0, 0.1) is 5.41 Å². The summed E-state index contributed by atoms with van der Waals surface area (Å²) >= 11 is 0. The molecule has 2 N–H and O–H groups in total. The van der Waals surface area contributed by atoms with Crippen LogP contribution in [0.15, 0.2) is 0 Å². The molecule has 0 aromatic heterocycles. The molecule has 0 saturated carbocycles. The van der Waals surface area contributed by atoms with Crippen LogP contribution < -0.4 is 4.72 Å². The van der Waals surface area contributed by atoms with Crippen molar-refractivity contribution in [2.45, 2.75) is 59.9 Å². The van der Waals surface area contributed by atoms with Gasteiger partial charge < -0.3 is 5.11 Å². The number of hydrogen-bond acceptors (Lipinski definition) is 3. The lowest BCUT2D eigenvalue weighted by atomic mass is 9.85. The van der Waals surface area contributed by atoms with Crippen LogP contribution in [0.25, 0.3) is 0 Å². The molecule has 0 aliphatic carbocycles. The van der Waals surface area contributed by atoms with Crippen molar-refractivity contribution < 1.29 is 18.3 Å². The predicted octanol–water partition coefficient (Wildman–Crippen LogP) is 1.83. The average molecular weight is 308 g/mol. The molecule has 0 fully saturated rings. The van der Waals surface area contributed by atoms with Gasteiger partial charge in [0.1, 0.15) is 0 Å². The first-order valence-corrected chi connectivity index (χ1v) is 8.47. The fourth-order valence-electron chi connectivity index (χ4n) is 1.80. The molecule has 0 saturated heterocycles. The molecule has 6 nitrogen and oxygen atoms in total. The smallest absolute Gasteiger partial charge is 0.304 e. The zero-order valence-electron chi connectivity index (χ0n) is 13.1. The number of carboxylic acids is 1. The molecule has 0 amide bonds. The molecule has 0 heterocycles. The van der Waals surface area contributed by atoms with E-state index in [4.69, 9.17) is 5.11 Å². The van der Waals surface area contributed by atoms with E-state index in [1.54, 1.807) is 0 Å². The van der Waals surface area contributed by atoms with Crippen LogP contribution in [-0.2, 0) is 15.0 Å². The van der Waals surface area contributed by atoms with E-state index in [-0.39, 0.29) is 6.42 Å². The van der Waals surface area contributed by atoms with E-state index in [0.29, 0.717) is 13.1 Å². The molecule has 0 radical (unpaired) electrons. The lowest BCUT2D eigenvalue weighted by molar-refractivity contribution is -0.138. The van der Waals surface area contributed by atoms with E-state index >= 15 is 0 Å². The fourth-order valence-corrected chi connectivity index (χ4v) is 3.60. The minimum atomic E-state index is -3.65. The van der Waals surface area contributed by atoms with Crippen molar-refractivity contribution in [3.05, 3.63) is 0 Å². The maximum atomic E-state index is 12.4. The summed E-state index contributed by atoms with van der Waals surface area (Å²) in [4.78, 5) is 10.9. The molecule has 0 aliphatic heterocycles. The minimum absolute atomic E-state index is 0.227. The van der Waals surface area contributed by atoms with E-state index in [0.717, 1.165) is 12.8 Å². The van der Waals surface area contributed by atoms with Gasteiger partial charge in [0.15, 0.2) is 0 Å². The van der Waals surface area contributed by atoms with Crippen LogP contribution in [-0.4, -0.2) is 42.9 Å². The number of nitrogens with one attached hydrogen (secondary N) is 1. The van der Waals surface area contributed by atoms with Crippen molar-refractivity contribution in [1.82, 2.24) is 9.03 Å². The molecule has 7 heteroatoms. The van der Waals surface area contributed by atoms with Crippen molar-refractivity contribution in [1.29, 1.82) is 0 Å². The molecule has 1 atom stereocenters. The Labute approximate surface area is 122 Å². The second kappa shape index (κ2) is 7.95. The average Bonchev–Trinajstić information content (AvgIpc) is 2.25. The van der Waals surface area contributed by atoms with Gasteiger partial charge in [0.25, 0.3) is 10.2 Å². The van der Waals surface area contributed by atoms with Crippen LogP contribution in [0.4, 0.5) is 0 Å². The molecule has 20 heavy (non-hydrogen) atoms. The van der Waals surface area contributed by atoms with Crippen molar-refractivity contribution >= 4 is 16.2 Å². The second-order valence-corrected chi connectivity index (χ2v) is 7.74. The van der Waals surface area contributed by atoms with E-state index in [1.807, 2.05) is 34.6 Å². The maximum Gasteiger partial charge on any atom is 0.304 e. The Morgan fingerprint density at radius 1 is 1.20 bits per heavy atom. The number of carbonyl (C=O) groups is 1. The third-order valence-electron chi connectivity index (χ3n) is 3.00. The Hall–Kier alpha value is -0.660. The molecule has 0 aromatic rings. The van der Waals surface area contributed by atoms with Gasteiger partial charge in [-0.05, 0) is 18.3 Å². The van der Waals surface area contributed by atoms with Gasteiger partial charge in [-0.1, -0.05) is 34.6 Å². The van der Waals surface area contributed by atoms with Crippen molar-refractivity contribution in [3.63, 3.8) is 0 Å². The molecular formula is C13H28N2O4S. The Morgan fingerprint density at radius 2 is 1.65 bits per heavy atom. The Bertz CT molecular complexity index is 395. The standard InChI is InChI=1S/C13H28N2O4S/c1-6-8-15(9-7-2)20(18,19)14-11(10-12(16)17)13(3,4)5/h11,14H,6-10H2,1-5H3,(H,16,17). The van der Waals surface area contributed by atoms with Gasteiger partial charge in [-0.3, -0.25) is 4.79 Å². The van der Waals surface area contributed by atoms with Gasteiger partial charge in [-0.25, -0.2) is 0 Å². The van der Waals surface area contributed by atoms with Gasteiger partial charge in [0.2, 0.25) is 0 Å². The first kappa shape index (κ1) is 19.3. The molecule has 120 valence electrons. The topological polar surface area (TPSA) is 86.7 Å². The van der Waals surface area contributed by atoms with Crippen molar-refractivity contribution in [3.8, 4) is 0 Å². The highest BCUT2D eigenvalue weighted by atomic mass is 32.2. The minimum Gasteiger partial charge on any atom is -0.481 e. The summed E-state index contributed by atoms with van der Waals surface area (Å²) in [6, 6.07) is -0.638. The lowest BCUT2D eigenvalue weighted by Gasteiger charge is -2.32. The lowest BCUT2D eigenvalue weighted by Crippen LogP contribution is -2.51. The quantitative estimate of drug-likeness (QED) is 0.680. The molecule has 0 aliphatic rings. The zero-order chi connectivity index (χ0) is 16.0. The monoisotopic (exact) mass is 308 g/mol. The number of nitrogens with zero attached hydrogens (tertiary/aromatic N) is 1. The Morgan fingerprint density at radius 3 is 1.95 bits per heavy atom. The van der Waals surface area contributed by atoms with Crippen molar-refractivity contribution in [2.75, 3.05) is 13.1 Å². The van der Waals surface area contributed by atoms with Gasteiger partial charge in [0.05, 0.1) is 6.42 Å². The van der Waals surface area contributed by atoms with E-state index in [9.17, 15) is 13.2 Å². The van der Waals surface area contributed by atoms with E-state index < -0.39 is 27.6 Å². The molecule has 0 rings (SSSR count). The maximum absolute atomic E-state index is 12.4. The highest BCUT2D eigenvalue weighted by molar-refractivity contribution is 7.87. The van der Waals surface area contributed by atoms with E-state index in [1.165, 1.54) is 4.31 Å². The first-order chi connectivity index (χ1) is 9.04. The molecular weight excluding hydrogens is 280 g/mol. The van der Waals surface area contributed by atoms with Crippen LogP contribution in [0.3, 0.4) is 0 Å². The van der Waals surface area contributed by atoms with E-state index in [2.05, 4.69) is 4.72 Å². The highest BCUT2D eigenvalue weighted by Crippen LogP contribution is 2.23. The van der Waals surface area contributed by atoms with Crippen LogP contribution >= 0.6 is 0 Å². The zero-order valence-corrected chi connectivity index (χ0v) is 14.0. The molecule has 1 unspecified atom stereocenters. The first-order valence-electron chi connectivity index (χ1n) is 7.03. The third-order valence-corrected chi connectivity index (χ3v) is 4.63.